The summed E-state index contributed by atoms with van der Waals surface area (Å²) < 4.78 is 14.1. The second-order valence-corrected chi connectivity index (χ2v) is 9.17. The van der Waals surface area contributed by atoms with Gasteiger partial charge in [-0.25, -0.2) is 19.2 Å². The zero-order valence-corrected chi connectivity index (χ0v) is 20.7. The molecule has 4 aromatic rings. The van der Waals surface area contributed by atoms with Crippen LogP contribution in [0.1, 0.15) is 60.5 Å². The molecule has 6 N–H and O–H groups in total. The van der Waals surface area contributed by atoms with Crippen LogP contribution in [0.15, 0.2) is 58.4 Å². The highest BCUT2D eigenvalue weighted by Gasteiger charge is 2.26. The van der Waals surface area contributed by atoms with Gasteiger partial charge < -0.3 is 26.8 Å². The third-order valence-corrected chi connectivity index (χ3v) is 6.53. The van der Waals surface area contributed by atoms with Crippen LogP contribution >= 0.6 is 0 Å². The van der Waals surface area contributed by atoms with E-state index in [1.165, 1.54) is 24.3 Å². The molecule has 1 aliphatic rings. The molecular weight excluding hydrogens is 523 g/mol. The van der Waals surface area contributed by atoms with Crippen LogP contribution in [-0.4, -0.2) is 32.9 Å². The van der Waals surface area contributed by atoms with Crippen molar-refractivity contribution in [1.29, 1.82) is 0 Å². The molecule has 0 radical (unpaired) electrons. The average molecular weight is 544 g/mol. The number of amides is 2. The molecule has 1 aliphatic carbocycles. The molecule has 0 aliphatic heterocycles. The van der Waals surface area contributed by atoms with Crippen molar-refractivity contribution in [3.63, 3.8) is 0 Å². The smallest absolute Gasteiger partial charge is 0.335 e. The number of nitrogens with zero attached hydrogens (tertiary/aromatic N) is 2. The number of carbonyl (C=O) groups excluding carboxylic acids is 2. The Morgan fingerprint density at radius 3 is 2.48 bits per heavy atom. The fourth-order valence-electron chi connectivity index (χ4n) is 4.51. The van der Waals surface area contributed by atoms with Crippen LogP contribution in [0.2, 0.25) is 0 Å². The van der Waals surface area contributed by atoms with Crippen molar-refractivity contribution in [3.05, 3.63) is 109 Å². The van der Waals surface area contributed by atoms with Gasteiger partial charge in [-0.3, -0.25) is 19.2 Å². The lowest BCUT2D eigenvalue weighted by molar-refractivity contribution is 0.0696. The molecule has 13 heteroatoms. The van der Waals surface area contributed by atoms with Gasteiger partial charge in [0, 0.05) is 18.3 Å². The molecule has 0 bridgehead atoms. The first-order valence-corrected chi connectivity index (χ1v) is 12.0. The van der Waals surface area contributed by atoms with Gasteiger partial charge >= 0.3 is 5.97 Å². The molecule has 0 spiro atoms. The lowest BCUT2D eigenvalue weighted by atomic mass is 10.0. The molecule has 40 heavy (non-hydrogen) atoms. The van der Waals surface area contributed by atoms with Gasteiger partial charge in [0.15, 0.2) is 0 Å². The van der Waals surface area contributed by atoms with Gasteiger partial charge in [0.1, 0.15) is 34.9 Å². The Morgan fingerprint density at radius 1 is 1.00 bits per heavy atom. The number of rotatable bonds is 8. The van der Waals surface area contributed by atoms with Crippen LogP contribution in [0.5, 0.6) is 0 Å². The third kappa shape index (κ3) is 5.12. The van der Waals surface area contributed by atoms with Crippen LogP contribution in [0.25, 0.3) is 0 Å². The number of nitrogens with two attached hydrogens (primary N) is 1. The Bertz CT molecular complexity index is 1760. The highest BCUT2D eigenvalue weighted by molar-refractivity contribution is 5.97. The minimum atomic E-state index is -1.03. The van der Waals surface area contributed by atoms with Crippen LogP contribution in [0.3, 0.4) is 0 Å². The topological polar surface area (TPSA) is 193 Å². The van der Waals surface area contributed by atoms with E-state index in [4.69, 9.17) is 5.73 Å². The molecule has 5 rings (SSSR count). The van der Waals surface area contributed by atoms with Crippen LogP contribution in [0.4, 0.5) is 21.5 Å². The monoisotopic (exact) mass is 544 g/mol. The fourth-order valence-corrected chi connectivity index (χ4v) is 4.51. The van der Waals surface area contributed by atoms with E-state index in [0.717, 1.165) is 23.5 Å². The Balaban J connectivity index is 1.23. The number of fused-ring (bicyclic) bond motifs is 1. The SMILES string of the molecule is Nc1c(Nc2cc(F)cc(CNC(=O)c3cc(C(=O)N[C@H]4CCc5cc(C(=O)O)ccc54)ncn3)c2)c(=O)c1=O. The number of anilines is 3. The number of hydrogen-bond donors (Lipinski definition) is 5. The highest BCUT2D eigenvalue weighted by Crippen LogP contribution is 2.32. The van der Waals surface area contributed by atoms with Crippen molar-refractivity contribution in [2.45, 2.75) is 25.4 Å². The van der Waals surface area contributed by atoms with E-state index in [2.05, 4.69) is 25.9 Å². The van der Waals surface area contributed by atoms with E-state index in [0.29, 0.717) is 18.4 Å². The molecular formula is C27H21FN6O6. The zero-order valence-electron chi connectivity index (χ0n) is 20.7. The first kappa shape index (κ1) is 26.2. The minimum absolute atomic E-state index is 0.0430. The van der Waals surface area contributed by atoms with Crippen molar-refractivity contribution >= 4 is 34.8 Å². The van der Waals surface area contributed by atoms with Crippen LogP contribution < -0.4 is 32.5 Å². The summed E-state index contributed by atoms with van der Waals surface area (Å²) in [4.78, 5) is 67.6. The molecule has 202 valence electrons. The molecule has 0 unspecified atom stereocenters. The molecule has 0 saturated carbocycles. The number of aryl methyl sites for hydroxylation is 1. The second-order valence-electron chi connectivity index (χ2n) is 9.17. The highest BCUT2D eigenvalue weighted by atomic mass is 19.1. The van der Waals surface area contributed by atoms with Crippen LogP contribution in [-0.2, 0) is 13.0 Å². The largest absolute Gasteiger partial charge is 0.478 e. The number of carbonyl (C=O) groups is 3. The quantitative estimate of drug-likeness (QED) is 0.203. The number of carboxylic acid groups (broad SMARTS) is 1. The molecule has 2 amide bonds. The Hall–Kier alpha value is -5.46. The van der Waals surface area contributed by atoms with Gasteiger partial charge in [0.05, 0.1) is 11.6 Å². The maximum atomic E-state index is 14.1. The summed E-state index contributed by atoms with van der Waals surface area (Å²) >= 11 is 0. The predicted molar refractivity (Wildman–Crippen MR) is 141 cm³/mol. The van der Waals surface area contributed by atoms with Gasteiger partial charge in [-0.2, -0.15) is 0 Å². The van der Waals surface area contributed by atoms with Crippen molar-refractivity contribution in [1.82, 2.24) is 20.6 Å². The first-order chi connectivity index (χ1) is 19.1. The molecule has 1 atom stereocenters. The molecule has 12 nitrogen and oxygen atoms in total. The Kier molecular flexibility index (Phi) is 6.78. The predicted octanol–water partition coefficient (Wildman–Crippen LogP) is 1.58. The molecule has 0 saturated heterocycles. The zero-order chi connectivity index (χ0) is 28.6. The maximum absolute atomic E-state index is 14.1. The number of nitrogens with one attached hydrogen (secondary N) is 3. The number of halogens is 1. The molecule has 1 aromatic heterocycles. The standard InChI is InChI=1S/C27H21FN6O6/c28-15-5-12(6-16(8-15)33-22-21(29)23(35)24(22)36)10-30-25(37)19-9-20(32-11-31-19)26(38)34-18-4-2-13-7-14(27(39)40)1-3-17(13)18/h1,3,5-9,11,18,33H,2,4,10,29H2,(H,30,37)(H,34,38)(H,39,40)/t18-/m0/s1. The normalized spacial score (nSPS) is 14.0. The maximum Gasteiger partial charge on any atom is 0.335 e. The number of carboxylic acids is 1. The molecule has 0 fully saturated rings. The van der Waals surface area contributed by atoms with Crippen molar-refractivity contribution in [2.24, 2.45) is 0 Å². The van der Waals surface area contributed by atoms with E-state index in [1.54, 1.807) is 12.1 Å². The van der Waals surface area contributed by atoms with Gasteiger partial charge in [-0.1, -0.05) is 6.07 Å². The summed E-state index contributed by atoms with van der Waals surface area (Å²) in [5.41, 5.74) is 5.73. The van der Waals surface area contributed by atoms with E-state index in [9.17, 15) is 33.5 Å². The summed E-state index contributed by atoms with van der Waals surface area (Å²) in [6.07, 6.45) is 2.27. The fraction of sp³-hybridized carbons (Fsp3) is 0.148. The van der Waals surface area contributed by atoms with E-state index >= 15 is 0 Å². The number of nitrogen functional groups attached to an aromatic ring is 1. The second kappa shape index (κ2) is 10.4. The first-order valence-electron chi connectivity index (χ1n) is 12.0. The van der Waals surface area contributed by atoms with E-state index in [1.807, 2.05) is 0 Å². The van der Waals surface area contributed by atoms with E-state index in [-0.39, 0.29) is 46.6 Å². The summed E-state index contributed by atoms with van der Waals surface area (Å²) in [5.74, 6) is -2.85. The summed E-state index contributed by atoms with van der Waals surface area (Å²) in [5, 5.41) is 17.2. The van der Waals surface area contributed by atoms with Gasteiger partial charge in [-0.15, -0.1) is 0 Å². The van der Waals surface area contributed by atoms with Crippen molar-refractivity contribution in [3.8, 4) is 0 Å². The van der Waals surface area contributed by atoms with Gasteiger partial charge in [0.25, 0.3) is 22.7 Å². The number of hydrogen-bond acceptors (Lipinski definition) is 9. The number of aromatic carboxylic acids is 1. The minimum Gasteiger partial charge on any atom is -0.478 e. The van der Waals surface area contributed by atoms with Crippen LogP contribution in [0, 0.1) is 5.82 Å². The Morgan fingerprint density at radius 2 is 1.75 bits per heavy atom. The molecule has 3 aromatic carbocycles. The number of benzene rings is 2. The lowest BCUT2D eigenvalue weighted by Gasteiger charge is -2.14. The average Bonchev–Trinajstić information content (AvgIpc) is 3.35. The van der Waals surface area contributed by atoms with Crippen molar-refractivity contribution in [2.75, 3.05) is 11.1 Å². The van der Waals surface area contributed by atoms with E-state index < -0.39 is 34.5 Å². The summed E-state index contributed by atoms with van der Waals surface area (Å²) in [6, 6.07) is 9.38. The number of aromatic nitrogens is 2. The molecule has 1 heterocycles. The van der Waals surface area contributed by atoms with Gasteiger partial charge in [0.2, 0.25) is 0 Å². The van der Waals surface area contributed by atoms with Crippen molar-refractivity contribution < 1.29 is 23.9 Å². The Labute approximate surface area is 224 Å². The third-order valence-electron chi connectivity index (χ3n) is 6.53. The van der Waals surface area contributed by atoms with Gasteiger partial charge in [-0.05, 0) is 59.9 Å². The summed E-state index contributed by atoms with van der Waals surface area (Å²) in [7, 11) is 0. The summed E-state index contributed by atoms with van der Waals surface area (Å²) in [6.45, 7) is -0.116. The lowest BCUT2D eigenvalue weighted by Crippen LogP contribution is -2.36.